The van der Waals surface area contributed by atoms with Crippen LogP contribution < -0.4 is 5.32 Å². The molecule has 0 fully saturated rings. The molecule has 0 saturated heterocycles. The molecule has 0 aliphatic heterocycles. The van der Waals surface area contributed by atoms with Gasteiger partial charge in [0.1, 0.15) is 12.8 Å². The van der Waals surface area contributed by atoms with Gasteiger partial charge in [0.25, 0.3) is 5.91 Å². The molecule has 5 heteroatoms. The number of carbonyl (C=O) groups is 2. The highest BCUT2D eigenvalue weighted by Crippen LogP contribution is 2.50. The van der Waals surface area contributed by atoms with Crippen LogP contribution >= 0.6 is 7.26 Å². The number of rotatable bonds is 7. The van der Waals surface area contributed by atoms with Gasteiger partial charge in [-0.05, 0) is 37.5 Å². The molecule has 0 bridgehead atoms. The van der Waals surface area contributed by atoms with Crippen molar-refractivity contribution < 1.29 is 14.3 Å². The van der Waals surface area contributed by atoms with Crippen LogP contribution in [0.15, 0.2) is 42.5 Å². The van der Waals surface area contributed by atoms with Gasteiger partial charge in [-0.1, -0.05) is 48.0 Å². The average Bonchev–Trinajstić information content (AvgIpc) is 2.56. The predicted molar refractivity (Wildman–Crippen MR) is 114 cm³/mol. The van der Waals surface area contributed by atoms with Crippen LogP contribution in [0.3, 0.4) is 0 Å². The number of hydrogen-bond donors (Lipinski definition) is 1. The van der Waals surface area contributed by atoms with Gasteiger partial charge in [-0.25, -0.2) is 4.79 Å². The minimum atomic E-state index is -1.74. The smallest absolute Gasteiger partial charge is 0.344 e. The summed E-state index contributed by atoms with van der Waals surface area (Å²) in [5.74, 6) is -0.285. The average molecular weight is 386 g/mol. The molecular formula is C22H29NO3P+. The number of benzene rings is 2. The fraction of sp³-hybridized carbons (Fsp3) is 0.364. The van der Waals surface area contributed by atoms with Crippen molar-refractivity contribution in [2.75, 3.05) is 31.0 Å². The van der Waals surface area contributed by atoms with Crippen molar-refractivity contribution in [2.24, 2.45) is 0 Å². The van der Waals surface area contributed by atoms with E-state index >= 15 is 0 Å². The van der Waals surface area contributed by atoms with E-state index in [0.717, 1.165) is 22.4 Å². The van der Waals surface area contributed by atoms with Gasteiger partial charge in [-0.15, -0.1) is 0 Å². The van der Waals surface area contributed by atoms with Crippen LogP contribution in [0.5, 0.6) is 0 Å². The SMILES string of the molecule is Cc1cc(C)c(NC(=O)C[P+](C)(C)CC(=O)OCc2ccccc2)c(C)c1. The third-order valence-electron chi connectivity index (χ3n) is 4.31. The van der Waals surface area contributed by atoms with E-state index in [1.165, 1.54) is 5.56 Å². The Balaban J connectivity index is 1.89. The molecular weight excluding hydrogens is 357 g/mol. The molecule has 2 aromatic rings. The minimum Gasteiger partial charge on any atom is -0.458 e. The Kier molecular flexibility index (Phi) is 7.15. The second kappa shape index (κ2) is 9.14. The zero-order chi connectivity index (χ0) is 20.0. The molecule has 2 rings (SSSR count). The summed E-state index contributed by atoms with van der Waals surface area (Å²) in [5, 5.41) is 3.03. The Hall–Kier alpha value is -2.19. The second-order valence-corrected chi connectivity index (χ2v) is 12.2. The van der Waals surface area contributed by atoms with Crippen LogP contribution in [0.4, 0.5) is 5.69 Å². The maximum atomic E-state index is 12.5. The van der Waals surface area contributed by atoms with Crippen LogP contribution in [-0.4, -0.2) is 37.5 Å². The lowest BCUT2D eigenvalue weighted by Crippen LogP contribution is -2.23. The van der Waals surface area contributed by atoms with Crippen LogP contribution in [0.2, 0.25) is 0 Å². The normalized spacial score (nSPS) is 11.1. The monoisotopic (exact) mass is 386 g/mol. The van der Waals surface area contributed by atoms with E-state index in [0.29, 0.717) is 12.3 Å². The van der Waals surface area contributed by atoms with Crippen LogP contribution in [0.25, 0.3) is 0 Å². The van der Waals surface area contributed by atoms with Gasteiger partial charge in [0.05, 0.1) is 0 Å². The van der Waals surface area contributed by atoms with Gasteiger partial charge in [0.2, 0.25) is 0 Å². The zero-order valence-corrected chi connectivity index (χ0v) is 17.7. The Morgan fingerprint density at radius 3 is 2.15 bits per heavy atom. The lowest BCUT2D eigenvalue weighted by atomic mass is 10.1. The van der Waals surface area contributed by atoms with E-state index in [1.54, 1.807) is 0 Å². The lowest BCUT2D eigenvalue weighted by Gasteiger charge is -2.18. The standard InChI is InChI=1S/C22H28NO3P/c1-16-11-17(2)22(18(3)12-16)23-20(24)14-27(4,5)15-21(25)26-13-19-9-7-6-8-10-19/h6-12H,13-15H2,1-5H3/p+1. The third kappa shape index (κ3) is 6.80. The first-order valence-corrected chi connectivity index (χ1v) is 12.1. The number of aryl methyl sites for hydroxylation is 3. The first kappa shape index (κ1) is 21.1. The molecule has 1 amide bonds. The van der Waals surface area contributed by atoms with Crippen molar-refractivity contribution in [3.63, 3.8) is 0 Å². The number of esters is 1. The first-order chi connectivity index (χ1) is 12.7. The molecule has 0 spiro atoms. The van der Waals surface area contributed by atoms with Gasteiger partial charge in [-0.2, -0.15) is 0 Å². The van der Waals surface area contributed by atoms with Gasteiger partial charge < -0.3 is 10.1 Å². The number of hydrogen-bond acceptors (Lipinski definition) is 3. The van der Waals surface area contributed by atoms with Crippen molar-refractivity contribution in [3.05, 3.63) is 64.7 Å². The van der Waals surface area contributed by atoms with Crippen molar-refractivity contribution in [1.29, 1.82) is 0 Å². The molecule has 144 valence electrons. The van der Waals surface area contributed by atoms with Crippen molar-refractivity contribution in [3.8, 4) is 0 Å². The zero-order valence-electron chi connectivity index (χ0n) is 16.8. The number of carbonyl (C=O) groups excluding carboxylic acids is 2. The molecule has 4 nitrogen and oxygen atoms in total. The van der Waals surface area contributed by atoms with Gasteiger partial charge in [-0.3, -0.25) is 4.79 Å². The van der Waals surface area contributed by atoms with Crippen molar-refractivity contribution in [1.82, 2.24) is 0 Å². The fourth-order valence-electron chi connectivity index (χ4n) is 3.13. The van der Waals surface area contributed by atoms with Gasteiger partial charge in [0.15, 0.2) is 6.16 Å². The highest BCUT2D eigenvalue weighted by molar-refractivity contribution is 7.76. The predicted octanol–water partition coefficient (Wildman–Crippen LogP) is 4.57. The molecule has 0 aromatic heterocycles. The Morgan fingerprint density at radius 1 is 0.963 bits per heavy atom. The van der Waals surface area contributed by atoms with E-state index < -0.39 is 7.26 Å². The minimum absolute atomic E-state index is 0.0424. The summed E-state index contributed by atoms with van der Waals surface area (Å²) in [4.78, 5) is 24.7. The highest BCUT2D eigenvalue weighted by atomic mass is 31.2. The first-order valence-electron chi connectivity index (χ1n) is 9.05. The summed E-state index contributed by atoms with van der Waals surface area (Å²) in [7, 11) is -1.74. The molecule has 27 heavy (non-hydrogen) atoms. The molecule has 1 N–H and O–H groups in total. The lowest BCUT2D eigenvalue weighted by molar-refractivity contribution is -0.141. The summed E-state index contributed by atoms with van der Waals surface area (Å²) in [6, 6.07) is 13.7. The maximum Gasteiger partial charge on any atom is 0.344 e. The van der Waals surface area contributed by atoms with Crippen molar-refractivity contribution in [2.45, 2.75) is 27.4 Å². The highest BCUT2D eigenvalue weighted by Gasteiger charge is 2.33. The topological polar surface area (TPSA) is 55.4 Å². The summed E-state index contributed by atoms with van der Waals surface area (Å²) < 4.78 is 5.37. The molecule has 0 saturated carbocycles. The van der Waals surface area contributed by atoms with Crippen LogP contribution in [-0.2, 0) is 20.9 Å². The Labute approximate surface area is 162 Å². The van der Waals surface area contributed by atoms with Gasteiger partial charge in [0, 0.05) is 26.3 Å². The molecule has 0 unspecified atom stereocenters. The van der Waals surface area contributed by atoms with Crippen LogP contribution in [0.1, 0.15) is 22.3 Å². The number of ether oxygens (including phenoxy) is 1. The number of nitrogens with one attached hydrogen (secondary N) is 1. The quantitative estimate of drug-likeness (QED) is 0.560. The molecule has 0 aliphatic carbocycles. The van der Waals surface area contributed by atoms with Crippen molar-refractivity contribution >= 4 is 24.8 Å². The van der Waals surface area contributed by atoms with Gasteiger partial charge >= 0.3 is 5.97 Å². The third-order valence-corrected chi connectivity index (χ3v) is 6.57. The maximum absolute atomic E-state index is 12.5. The fourth-order valence-corrected chi connectivity index (χ4v) is 4.89. The van der Waals surface area contributed by atoms with E-state index in [1.807, 2.05) is 64.4 Å². The molecule has 0 radical (unpaired) electrons. The van der Waals surface area contributed by atoms with Crippen LogP contribution in [0, 0.1) is 20.8 Å². The molecule has 0 aliphatic rings. The van der Waals surface area contributed by atoms with E-state index in [2.05, 4.69) is 17.4 Å². The number of anilines is 1. The molecule has 2 aromatic carbocycles. The summed E-state index contributed by atoms with van der Waals surface area (Å²) in [6.45, 7) is 10.3. The largest absolute Gasteiger partial charge is 0.458 e. The second-order valence-electron chi connectivity index (χ2n) is 7.72. The Morgan fingerprint density at radius 2 is 1.56 bits per heavy atom. The summed E-state index contributed by atoms with van der Waals surface area (Å²) >= 11 is 0. The number of amides is 1. The van der Waals surface area contributed by atoms with E-state index in [9.17, 15) is 9.59 Å². The molecule has 0 atom stereocenters. The summed E-state index contributed by atoms with van der Waals surface area (Å²) in [6.07, 6.45) is 0.666. The van der Waals surface area contributed by atoms with E-state index in [4.69, 9.17) is 4.74 Å². The Bertz CT molecular complexity index is 793. The van der Waals surface area contributed by atoms with E-state index in [-0.39, 0.29) is 18.5 Å². The summed E-state index contributed by atoms with van der Waals surface area (Å²) in [5.41, 5.74) is 5.12. The molecule has 0 heterocycles.